The Morgan fingerprint density at radius 1 is 1.19 bits per heavy atom. The largest absolute Gasteiger partial charge is 0.417 e. The number of halogens is 6. The molecule has 1 atom stereocenters. The molecular weight excluding hydrogens is 477 g/mol. The van der Waals surface area contributed by atoms with Gasteiger partial charge in [-0.1, -0.05) is 17.7 Å². The van der Waals surface area contributed by atoms with Crippen molar-refractivity contribution in [3.05, 3.63) is 52.5 Å². The molecule has 1 aliphatic rings. The summed E-state index contributed by atoms with van der Waals surface area (Å²) in [6.07, 6.45) is -4.99. The van der Waals surface area contributed by atoms with E-state index in [1.807, 2.05) is 0 Å². The molecular formula is C20H19ClF5N3O2S. The van der Waals surface area contributed by atoms with Gasteiger partial charge in [-0.05, 0) is 30.3 Å². The van der Waals surface area contributed by atoms with E-state index in [2.05, 4.69) is 5.32 Å². The number of hydrogen-bond donors (Lipinski definition) is 2. The maximum absolute atomic E-state index is 14.3. The van der Waals surface area contributed by atoms with Crippen LogP contribution in [-0.2, 0) is 15.9 Å². The number of carbonyl (C=O) groups excluding carboxylic acids is 1. The van der Waals surface area contributed by atoms with Crippen LogP contribution in [0.4, 0.5) is 33.3 Å². The SMILES string of the molecule is CS(=N)(=O)c1cccc(N2CCC(F)(F)CCNc3cc(C(F)(F)F)c(Cl)cc3C2=O)c1. The predicted octanol–water partition coefficient (Wildman–Crippen LogP) is 5.88. The Morgan fingerprint density at radius 2 is 1.88 bits per heavy atom. The third-order valence-corrected chi connectivity index (χ3v) is 6.44. The number of rotatable bonds is 2. The normalized spacial score (nSPS) is 19.0. The summed E-state index contributed by atoms with van der Waals surface area (Å²) in [5.41, 5.74) is -1.60. The lowest BCUT2D eigenvalue weighted by atomic mass is 10.0. The van der Waals surface area contributed by atoms with Gasteiger partial charge in [-0.3, -0.25) is 4.79 Å². The first-order valence-corrected chi connectivity index (χ1v) is 11.7. The molecule has 0 spiro atoms. The second-order valence-corrected chi connectivity index (χ2v) is 10.0. The maximum Gasteiger partial charge on any atom is 0.417 e. The lowest BCUT2D eigenvalue weighted by molar-refractivity contribution is -0.137. The Hall–Kier alpha value is -2.40. The highest BCUT2D eigenvalue weighted by atomic mass is 35.5. The van der Waals surface area contributed by atoms with Gasteiger partial charge in [0.2, 0.25) is 0 Å². The molecule has 0 saturated heterocycles. The van der Waals surface area contributed by atoms with Crippen molar-refractivity contribution in [2.75, 3.05) is 29.6 Å². The zero-order valence-corrected chi connectivity index (χ0v) is 18.3. The number of fused-ring (bicyclic) bond motifs is 1. The van der Waals surface area contributed by atoms with Gasteiger partial charge in [0.25, 0.3) is 11.8 Å². The molecule has 174 valence electrons. The summed E-state index contributed by atoms with van der Waals surface area (Å²) in [5, 5.41) is 1.80. The van der Waals surface area contributed by atoms with Crippen LogP contribution in [0.15, 0.2) is 41.3 Å². The Balaban J connectivity index is 2.17. The van der Waals surface area contributed by atoms with Crippen LogP contribution in [0.3, 0.4) is 0 Å². The Kier molecular flexibility index (Phi) is 6.45. The first-order valence-electron chi connectivity index (χ1n) is 9.37. The van der Waals surface area contributed by atoms with E-state index in [4.69, 9.17) is 16.4 Å². The summed E-state index contributed by atoms with van der Waals surface area (Å²) < 4.78 is 88.3. The average Bonchev–Trinajstić information content (AvgIpc) is 2.67. The van der Waals surface area contributed by atoms with Gasteiger partial charge in [-0.15, -0.1) is 0 Å². The standard InChI is InChI=1S/C20H19ClF5N3O2S/c1-32(27,31)13-4-2-3-12(9-13)29-8-6-19(22,23)5-7-28-17-11-15(20(24,25)26)16(21)10-14(17)18(29)30/h2-4,9-11,27-28H,5-8H2,1H3. The molecule has 1 amide bonds. The molecule has 1 unspecified atom stereocenters. The number of benzene rings is 2. The number of amides is 1. The Morgan fingerprint density at radius 3 is 2.50 bits per heavy atom. The van der Waals surface area contributed by atoms with Gasteiger partial charge < -0.3 is 10.2 Å². The highest BCUT2D eigenvalue weighted by molar-refractivity contribution is 7.91. The van der Waals surface area contributed by atoms with Crippen LogP contribution in [0.1, 0.15) is 28.8 Å². The number of alkyl halides is 5. The predicted molar refractivity (Wildman–Crippen MR) is 112 cm³/mol. The van der Waals surface area contributed by atoms with E-state index in [0.29, 0.717) is 6.07 Å². The third kappa shape index (κ3) is 5.32. The van der Waals surface area contributed by atoms with Crippen molar-refractivity contribution < 1.29 is 31.0 Å². The van der Waals surface area contributed by atoms with E-state index in [1.54, 1.807) is 0 Å². The zero-order valence-electron chi connectivity index (χ0n) is 16.7. The van der Waals surface area contributed by atoms with Gasteiger partial charge in [0, 0.05) is 48.5 Å². The molecule has 0 aliphatic carbocycles. The molecule has 2 aromatic carbocycles. The summed E-state index contributed by atoms with van der Waals surface area (Å²) in [6.45, 7) is -0.797. The van der Waals surface area contributed by atoms with Gasteiger partial charge in [-0.2, -0.15) is 13.2 Å². The number of hydrogen-bond acceptors (Lipinski definition) is 4. The molecule has 2 N–H and O–H groups in total. The lowest BCUT2D eigenvalue weighted by Crippen LogP contribution is -2.37. The number of nitrogens with one attached hydrogen (secondary N) is 2. The van der Waals surface area contributed by atoms with Crippen LogP contribution in [0.5, 0.6) is 0 Å². The minimum absolute atomic E-state index is 0.0791. The van der Waals surface area contributed by atoms with Crippen molar-refractivity contribution in [2.24, 2.45) is 0 Å². The molecule has 5 nitrogen and oxygen atoms in total. The Bertz CT molecular complexity index is 1150. The molecule has 32 heavy (non-hydrogen) atoms. The van der Waals surface area contributed by atoms with Crippen molar-refractivity contribution in [3.63, 3.8) is 0 Å². The minimum Gasteiger partial charge on any atom is -0.384 e. The van der Waals surface area contributed by atoms with Gasteiger partial charge in [0.05, 0.1) is 25.9 Å². The van der Waals surface area contributed by atoms with Crippen LogP contribution in [-0.4, -0.2) is 35.4 Å². The number of anilines is 2. The first-order chi connectivity index (χ1) is 14.7. The molecule has 0 bridgehead atoms. The Labute approximate surface area is 186 Å². The van der Waals surface area contributed by atoms with E-state index in [-0.39, 0.29) is 28.4 Å². The van der Waals surface area contributed by atoms with E-state index in [9.17, 15) is 31.0 Å². The van der Waals surface area contributed by atoms with E-state index >= 15 is 0 Å². The molecule has 1 aliphatic heterocycles. The molecule has 2 aromatic rings. The third-order valence-electron chi connectivity index (χ3n) is 4.97. The summed E-state index contributed by atoms with van der Waals surface area (Å²) in [4.78, 5) is 14.4. The highest BCUT2D eigenvalue weighted by Crippen LogP contribution is 2.39. The highest BCUT2D eigenvalue weighted by Gasteiger charge is 2.37. The summed E-state index contributed by atoms with van der Waals surface area (Å²) in [6, 6.07) is 7.00. The summed E-state index contributed by atoms with van der Waals surface area (Å²) in [5.74, 6) is -4.04. The van der Waals surface area contributed by atoms with Crippen LogP contribution in [0.2, 0.25) is 5.02 Å². The number of nitrogens with zero attached hydrogens (tertiary/aromatic N) is 1. The van der Waals surface area contributed by atoms with Crippen molar-refractivity contribution in [3.8, 4) is 0 Å². The minimum atomic E-state index is -4.81. The van der Waals surface area contributed by atoms with Gasteiger partial charge in [0.1, 0.15) is 0 Å². The molecule has 0 radical (unpaired) electrons. The average molecular weight is 496 g/mol. The first kappa shape index (κ1) is 24.2. The van der Waals surface area contributed by atoms with E-state index in [1.165, 1.54) is 30.5 Å². The van der Waals surface area contributed by atoms with Gasteiger partial charge in [0.15, 0.2) is 0 Å². The quantitative estimate of drug-likeness (QED) is 0.511. The number of carbonyl (C=O) groups is 1. The fraction of sp³-hybridized carbons (Fsp3) is 0.350. The molecule has 3 rings (SSSR count). The van der Waals surface area contributed by atoms with Crippen LogP contribution in [0.25, 0.3) is 0 Å². The van der Waals surface area contributed by atoms with Crippen LogP contribution >= 0.6 is 11.6 Å². The van der Waals surface area contributed by atoms with Crippen LogP contribution < -0.4 is 10.2 Å². The molecule has 0 saturated carbocycles. The lowest BCUT2D eigenvalue weighted by Gasteiger charge is -2.29. The zero-order chi connectivity index (χ0) is 23.9. The van der Waals surface area contributed by atoms with Crippen molar-refractivity contribution in [1.29, 1.82) is 4.78 Å². The van der Waals surface area contributed by atoms with Crippen molar-refractivity contribution >= 4 is 38.6 Å². The molecule has 12 heteroatoms. The van der Waals surface area contributed by atoms with Crippen LogP contribution in [0, 0.1) is 4.78 Å². The molecule has 1 heterocycles. The smallest absolute Gasteiger partial charge is 0.384 e. The van der Waals surface area contributed by atoms with E-state index in [0.717, 1.165) is 11.0 Å². The topological polar surface area (TPSA) is 73.3 Å². The maximum atomic E-state index is 14.3. The van der Waals surface area contributed by atoms with Gasteiger partial charge in [-0.25, -0.2) is 17.8 Å². The summed E-state index contributed by atoms with van der Waals surface area (Å²) in [7, 11) is -3.17. The van der Waals surface area contributed by atoms with Gasteiger partial charge >= 0.3 is 6.18 Å². The van der Waals surface area contributed by atoms with E-state index < -0.39 is 57.7 Å². The summed E-state index contributed by atoms with van der Waals surface area (Å²) >= 11 is 5.80. The second kappa shape index (κ2) is 8.51. The fourth-order valence-corrected chi connectivity index (χ4v) is 4.24. The monoisotopic (exact) mass is 495 g/mol. The molecule has 0 fully saturated rings. The molecule has 0 aromatic heterocycles. The van der Waals surface area contributed by atoms with Crippen molar-refractivity contribution in [1.82, 2.24) is 0 Å². The second-order valence-electron chi connectivity index (χ2n) is 7.46. The fourth-order valence-electron chi connectivity index (χ4n) is 3.28. The van der Waals surface area contributed by atoms with Crippen molar-refractivity contribution in [2.45, 2.75) is 29.8 Å².